The fraction of sp³-hybridized carbons (Fsp3) is 0.0370. The van der Waals surface area contributed by atoms with Crippen molar-refractivity contribution in [3.8, 4) is 0 Å². The lowest BCUT2D eigenvalue weighted by Crippen LogP contribution is -2.10. The Morgan fingerprint density at radius 3 is 1.71 bits per heavy atom. The van der Waals surface area contributed by atoms with Crippen LogP contribution in [0, 0.1) is 0 Å². The Kier molecular flexibility index (Phi) is 4.27. The van der Waals surface area contributed by atoms with Gasteiger partial charge >= 0.3 is 0 Å². The predicted molar refractivity (Wildman–Crippen MR) is 118 cm³/mol. The molecule has 1 nitrogen and oxygen atoms in total. The van der Waals surface area contributed by atoms with Gasteiger partial charge in [0.05, 0.1) is 6.04 Å². The van der Waals surface area contributed by atoms with E-state index in [1.807, 2.05) is 0 Å². The number of benzene rings is 4. The Morgan fingerprint density at radius 2 is 1.04 bits per heavy atom. The molecule has 1 heteroatoms. The van der Waals surface area contributed by atoms with Crippen LogP contribution >= 0.6 is 0 Å². The third-order valence-corrected chi connectivity index (χ3v) is 5.33. The largest absolute Gasteiger partial charge is 0.374 e. The summed E-state index contributed by atoms with van der Waals surface area (Å²) >= 11 is 0. The maximum atomic E-state index is 3.79. The molecule has 1 aliphatic carbocycles. The van der Waals surface area contributed by atoms with Gasteiger partial charge in [0.25, 0.3) is 0 Å². The molecule has 1 aliphatic rings. The van der Waals surface area contributed by atoms with E-state index in [0.29, 0.717) is 0 Å². The zero-order valence-electron chi connectivity index (χ0n) is 15.5. The van der Waals surface area contributed by atoms with E-state index in [1.165, 1.54) is 33.4 Å². The molecular formula is C27H21N. The monoisotopic (exact) mass is 359 g/mol. The summed E-state index contributed by atoms with van der Waals surface area (Å²) in [5.41, 5.74) is 8.92. The summed E-state index contributed by atoms with van der Waals surface area (Å²) in [6.07, 6.45) is 0. The van der Waals surface area contributed by atoms with Gasteiger partial charge in [0.1, 0.15) is 0 Å². The Labute approximate surface area is 166 Å². The number of nitrogens with one attached hydrogen (secondary N) is 1. The maximum absolute atomic E-state index is 3.79. The first-order valence-corrected chi connectivity index (χ1v) is 9.68. The standard InChI is InChI=1S/C27H21N/c1-4-12-20(13-5-1)25-23-18-10-11-19-24(23)27(28-22-16-8-3-9-17-22)26(25)21-14-6-2-7-15-21/h1-19,27-28H/t27-/m1/s1. The zero-order valence-corrected chi connectivity index (χ0v) is 15.5. The van der Waals surface area contributed by atoms with Crippen LogP contribution in [0.15, 0.2) is 115 Å². The molecule has 0 bridgehead atoms. The van der Waals surface area contributed by atoms with Gasteiger partial charge in [-0.1, -0.05) is 103 Å². The molecule has 5 rings (SSSR count). The first-order chi connectivity index (χ1) is 13.9. The minimum atomic E-state index is 0.108. The van der Waals surface area contributed by atoms with Gasteiger partial charge in [-0.05, 0) is 45.5 Å². The Morgan fingerprint density at radius 1 is 0.500 bits per heavy atom. The number of rotatable bonds is 4. The lowest BCUT2D eigenvalue weighted by molar-refractivity contribution is 1.02. The molecule has 1 atom stereocenters. The number of para-hydroxylation sites is 1. The molecule has 0 saturated carbocycles. The van der Waals surface area contributed by atoms with Crippen LogP contribution in [0.25, 0.3) is 11.1 Å². The first-order valence-electron chi connectivity index (χ1n) is 9.68. The summed E-state index contributed by atoms with van der Waals surface area (Å²) in [6.45, 7) is 0. The molecule has 4 aromatic carbocycles. The Balaban J connectivity index is 1.75. The molecule has 0 heterocycles. The fourth-order valence-corrected chi connectivity index (χ4v) is 4.12. The lowest BCUT2D eigenvalue weighted by atomic mass is 9.93. The number of hydrogen-bond acceptors (Lipinski definition) is 1. The van der Waals surface area contributed by atoms with Gasteiger partial charge in [-0.25, -0.2) is 0 Å². The van der Waals surface area contributed by atoms with E-state index in [-0.39, 0.29) is 6.04 Å². The molecule has 0 aromatic heterocycles. The molecule has 0 saturated heterocycles. The van der Waals surface area contributed by atoms with E-state index in [4.69, 9.17) is 0 Å². The van der Waals surface area contributed by atoms with Crippen molar-refractivity contribution < 1.29 is 0 Å². The van der Waals surface area contributed by atoms with E-state index in [9.17, 15) is 0 Å². The molecule has 0 spiro atoms. The van der Waals surface area contributed by atoms with Crippen molar-refractivity contribution in [1.82, 2.24) is 0 Å². The SMILES string of the molecule is c1ccc(N[C@H]2C(c3ccccc3)=C(c3ccccc3)c3ccccc32)cc1. The molecule has 134 valence electrons. The van der Waals surface area contributed by atoms with Crippen molar-refractivity contribution >= 4 is 16.8 Å². The van der Waals surface area contributed by atoms with E-state index in [0.717, 1.165) is 5.69 Å². The molecule has 0 fully saturated rings. The van der Waals surface area contributed by atoms with Crippen molar-refractivity contribution in [3.05, 3.63) is 138 Å². The second kappa shape index (κ2) is 7.21. The van der Waals surface area contributed by atoms with Crippen LogP contribution in [0.5, 0.6) is 0 Å². The van der Waals surface area contributed by atoms with E-state index < -0.39 is 0 Å². The third kappa shape index (κ3) is 2.91. The fourth-order valence-electron chi connectivity index (χ4n) is 4.12. The maximum Gasteiger partial charge on any atom is 0.0785 e. The molecule has 0 aliphatic heterocycles. The minimum absolute atomic E-state index is 0.108. The molecule has 0 unspecified atom stereocenters. The summed E-state index contributed by atoms with van der Waals surface area (Å²) in [4.78, 5) is 0. The van der Waals surface area contributed by atoms with Crippen LogP contribution in [-0.4, -0.2) is 0 Å². The number of fused-ring (bicyclic) bond motifs is 1. The van der Waals surface area contributed by atoms with Crippen LogP contribution in [0.1, 0.15) is 28.3 Å². The smallest absolute Gasteiger partial charge is 0.0785 e. The van der Waals surface area contributed by atoms with Gasteiger partial charge in [-0.15, -0.1) is 0 Å². The minimum Gasteiger partial charge on any atom is -0.374 e. The predicted octanol–water partition coefficient (Wildman–Crippen LogP) is 6.81. The van der Waals surface area contributed by atoms with Crippen LogP contribution < -0.4 is 5.32 Å². The second-order valence-electron chi connectivity index (χ2n) is 7.05. The van der Waals surface area contributed by atoms with Gasteiger partial charge in [0.15, 0.2) is 0 Å². The average molecular weight is 359 g/mol. The highest BCUT2D eigenvalue weighted by molar-refractivity contribution is 6.06. The van der Waals surface area contributed by atoms with Crippen LogP contribution in [-0.2, 0) is 0 Å². The van der Waals surface area contributed by atoms with E-state index >= 15 is 0 Å². The van der Waals surface area contributed by atoms with Gasteiger partial charge in [0, 0.05) is 5.69 Å². The summed E-state index contributed by atoms with van der Waals surface area (Å²) < 4.78 is 0. The first kappa shape index (κ1) is 16.6. The summed E-state index contributed by atoms with van der Waals surface area (Å²) in [6, 6.07) is 40.8. The molecule has 4 aromatic rings. The van der Waals surface area contributed by atoms with E-state index in [2.05, 4.69) is 121 Å². The Bertz CT molecular complexity index is 1110. The number of hydrogen-bond donors (Lipinski definition) is 1. The van der Waals surface area contributed by atoms with Gasteiger partial charge in [-0.3, -0.25) is 0 Å². The van der Waals surface area contributed by atoms with Crippen molar-refractivity contribution in [3.63, 3.8) is 0 Å². The van der Waals surface area contributed by atoms with Gasteiger partial charge < -0.3 is 5.32 Å². The summed E-state index contributed by atoms with van der Waals surface area (Å²) in [7, 11) is 0. The third-order valence-electron chi connectivity index (χ3n) is 5.33. The quantitative estimate of drug-likeness (QED) is 0.422. The van der Waals surface area contributed by atoms with Crippen molar-refractivity contribution in [2.45, 2.75) is 6.04 Å². The molecular weight excluding hydrogens is 338 g/mol. The van der Waals surface area contributed by atoms with Crippen molar-refractivity contribution in [2.24, 2.45) is 0 Å². The molecule has 28 heavy (non-hydrogen) atoms. The Hall–Kier alpha value is -3.58. The molecule has 0 amide bonds. The normalized spacial score (nSPS) is 15.4. The van der Waals surface area contributed by atoms with Crippen molar-refractivity contribution in [2.75, 3.05) is 5.32 Å². The summed E-state index contributed by atoms with van der Waals surface area (Å²) in [5, 5.41) is 3.79. The van der Waals surface area contributed by atoms with Gasteiger partial charge in [-0.2, -0.15) is 0 Å². The zero-order chi connectivity index (χ0) is 18.8. The highest BCUT2D eigenvalue weighted by atomic mass is 14.9. The number of anilines is 1. The van der Waals surface area contributed by atoms with Crippen LogP contribution in [0.3, 0.4) is 0 Å². The molecule has 1 N–H and O–H groups in total. The van der Waals surface area contributed by atoms with E-state index in [1.54, 1.807) is 0 Å². The topological polar surface area (TPSA) is 12.0 Å². The highest BCUT2D eigenvalue weighted by Gasteiger charge is 2.32. The second-order valence-corrected chi connectivity index (χ2v) is 7.05. The summed E-state index contributed by atoms with van der Waals surface area (Å²) in [5.74, 6) is 0. The van der Waals surface area contributed by atoms with Gasteiger partial charge in [0.2, 0.25) is 0 Å². The average Bonchev–Trinajstić information content (AvgIpc) is 3.10. The lowest BCUT2D eigenvalue weighted by Gasteiger charge is -2.21. The van der Waals surface area contributed by atoms with Crippen molar-refractivity contribution in [1.29, 1.82) is 0 Å². The van der Waals surface area contributed by atoms with Crippen LogP contribution in [0.2, 0.25) is 0 Å². The highest BCUT2D eigenvalue weighted by Crippen LogP contribution is 2.49. The molecule has 0 radical (unpaired) electrons. The van der Waals surface area contributed by atoms with Crippen LogP contribution in [0.4, 0.5) is 5.69 Å².